The van der Waals surface area contributed by atoms with Crippen molar-refractivity contribution in [3.05, 3.63) is 48.3 Å². The van der Waals surface area contributed by atoms with Crippen molar-refractivity contribution < 1.29 is 18.9 Å². The number of nitrogens with zero attached hydrogens (tertiary/aromatic N) is 3. The van der Waals surface area contributed by atoms with Crippen LogP contribution < -0.4 is 14.8 Å². The van der Waals surface area contributed by atoms with Crippen molar-refractivity contribution in [1.29, 1.82) is 5.26 Å². The number of ether oxygens (including phenoxy) is 4. The predicted molar refractivity (Wildman–Crippen MR) is 107 cm³/mol. The summed E-state index contributed by atoms with van der Waals surface area (Å²) >= 11 is 0. The Morgan fingerprint density at radius 3 is 2.34 bits per heavy atom. The minimum Gasteiger partial charge on any atom is -0.487 e. The van der Waals surface area contributed by atoms with Crippen molar-refractivity contribution in [3.63, 3.8) is 0 Å². The summed E-state index contributed by atoms with van der Waals surface area (Å²) in [5.74, 6) is 1.80. The highest BCUT2D eigenvalue weighted by atomic mass is 16.6. The van der Waals surface area contributed by atoms with Crippen molar-refractivity contribution in [1.82, 2.24) is 9.97 Å². The number of nitriles is 1. The van der Waals surface area contributed by atoms with E-state index in [4.69, 9.17) is 24.2 Å². The number of hydrogen-bond acceptors (Lipinski definition) is 8. The second-order valence-electron chi connectivity index (χ2n) is 6.28. The highest BCUT2D eigenvalue weighted by molar-refractivity contribution is 5.93. The lowest BCUT2D eigenvalue weighted by atomic mass is 10.2. The van der Waals surface area contributed by atoms with E-state index in [1.165, 1.54) is 6.33 Å². The summed E-state index contributed by atoms with van der Waals surface area (Å²) in [7, 11) is 0. The van der Waals surface area contributed by atoms with Crippen LogP contribution in [0.25, 0.3) is 10.9 Å². The number of hydrogen-bond donors (Lipinski definition) is 1. The Labute approximate surface area is 168 Å². The minimum absolute atomic E-state index is 0.391. The van der Waals surface area contributed by atoms with Gasteiger partial charge in [0, 0.05) is 17.1 Å². The molecule has 0 unspecified atom stereocenters. The van der Waals surface area contributed by atoms with Crippen LogP contribution in [0.15, 0.2) is 42.7 Å². The third kappa shape index (κ3) is 4.71. The van der Waals surface area contributed by atoms with E-state index in [2.05, 4.69) is 21.4 Å². The van der Waals surface area contributed by atoms with Gasteiger partial charge in [0.1, 0.15) is 25.4 Å². The average molecular weight is 392 g/mol. The molecule has 2 heterocycles. The summed E-state index contributed by atoms with van der Waals surface area (Å²) in [6, 6.07) is 13.0. The second kappa shape index (κ2) is 9.19. The quantitative estimate of drug-likeness (QED) is 0.711. The Kier molecular flexibility index (Phi) is 6.00. The molecule has 29 heavy (non-hydrogen) atoms. The molecule has 8 nitrogen and oxygen atoms in total. The smallest absolute Gasteiger partial charge is 0.163 e. The molecule has 0 amide bonds. The maximum Gasteiger partial charge on any atom is 0.163 e. The molecule has 0 fully saturated rings. The van der Waals surface area contributed by atoms with Gasteiger partial charge < -0.3 is 24.3 Å². The van der Waals surface area contributed by atoms with Crippen LogP contribution in [0.5, 0.6) is 11.5 Å². The summed E-state index contributed by atoms with van der Waals surface area (Å²) in [5, 5.41) is 13.1. The van der Waals surface area contributed by atoms with Crippen molar-refractivity contribution in [2.75, 3.05) is 45.0 Å². The lowest BCUT2D eigenvalue weighted by molar-refractivity contribution is 0.0224. The molecule has 4 rings (SSSR count). The molecule has 0 radical (unpaired) electrons. The standard InChI is InChI=1S/C21H20N4O4/c22-13-15-2-1-3-16(10-15)25-21-17-11-19-20(12-18(17)23-14-24-21)29-9-7-27-5-4-26-6-8-28-19/h1-3,10-12,14H,4-9H2,(H,23,24,25). The van der Waals surface area contributed by atoms with Gasteiger partial charge in [0.05, 0.1) is 43.6 Å². The molecule has 0 aliphatic carbocycles. The first kappa shape index (κ1) is 18.9. The van der Waals surface area contributed by atoms with Crippen LogP contribution in [0.2, 0.25) is 0 Å². The van der Waals surface area contributed by atoms with Gasteiger partial charge in [-0.25, -0.2) is 9.97 Å². The molecule has 3 aromatic rings. The van der Waals surface area contributed by atoms with Gasteiger partial charge in [-0.2, -0.15) is 5.26 Å². The molecule has 0 saturated carbocycles. The maximum absolute atomic E-state index is 9.11. The molecule has 0 saturated heterocycles. The third-order valence-electron chi connectivity index (χ3n) is 4.30. The van der Waals surface area contributed by atoms with Crippen LogP contribution in [-0.2, 0) is 9.47 Å². The monoisotopic (exact) mass is 392 g/mol. The lowest BCUT2D eigenvalue weighted by Crippen LogP contribution is -2.15. The summed E-state index contributed by atoms with van der Waals surface area (Å²) in [6.07, 6.45) is 1.48. The van der Waals surface area contributed by atoms with Gasteiger partial charge >= 0.3 is 0 Å². The van der Waals surface area contributed by atoms with E-state index in [1.54, 1.807) is 12.1 Å². The minimum atomic E-state index is 0.391. The van der Waals surface area contributed by atoms with E-state index in [-0.39, 0.29) is 0 Å². The lowest BCUT2D eigenvalue weighted by Gasteiger charge is -2.16. The highest BCUT2D eigenvalue weighted by Gasteiger charge is 2.13. The number of aromatic nitrogens is 2. The Hall–Kier alpha value is -3.41. The van der Waals surface area contributed by atoms with E-state index in [1.807, 2.05) is 24.3 Å². The number of rotatable bonds is 2. The van der Waals surface area contributed by atoms with Crippen LogP contribution in [0.1, 0.15) is 5.56 Å². The summed E-state index contributed by atoms with van der Waals surface area (Å²) in [6.45, 7) is 2.77. The Bertz CT molecular complexity index is 1030. The summed E-state index contributed by atoms with van der Waals surface area (Å²) < 4.78 is 22.7. The normalized spacial score (nSPS) is 15.0. The Balaban J connectivity index is 1.67. The maximum atomic E-state index is 9.11. The first-order valence-electron chi connectivity index (χ1n) is 9.30. The Morgan fingerprint density at radius 2 is 1.59 bits per heavy atom. The van der Waals surface area contributed by atoms with Gasteiger partial charge in [0.25, 0.3) is 0 Å². The van der Waals surface area contributed by atoms with Crippen molar-refractivity contribution in [2.45, 2.75) is 0 Å². The predicted octanol–water partition coefficient (Wildman–Crippen LogP) is 3.05. The topological polar surface area (TPSA) is 98.5 Å². The largest absolute Gasteiger partial charge is 0.487 e. The molecular formula is C21H20N4O4. The van der Waals surface area contributed by atoms with E-state index in [9.17, 15) is 0 Å². The highest BCUT2D eigenvalue weighted by Crippen LogP contribution is 2.35. The molecule has 8 heteroatoms. The molecular weight excluding hydrogens is 372 g/mol. The van der Waals surface area contributed by atoms with E-state index < -0.39 is 0 Å². The molecule has 2 aromatic carbocycles. The van der Waals surface area contributed by atoms with Crippen LogP contribution in [0.4, 0.5) is 11.5 Å². The molecule has 148 valence electrons. The zero-order chi connectivity index (χ0) is 19.9. The van der Waals surface area contributed by atoms with E-state index in [0.717, 1.165) is 11.1 Å². The SMILES string of the molecule is N#Cc1cccc(Nc2ncnc3cc4c(cc23)OCCOCCOCCO4)c1. The Morgan fingerprint density at radius 1 is 0.862 bits per heavy atom. The van der Waals surface area contributed by atoms with Crippen LogP contribution in [-0.4, -0.2) is 49.6 Å². The second-order valence-corrected chi connectivity index (χ2v) is 6.28. The van der Waals surface area contributed by atoms with E-state index in [0.29, 0.717) is 68.0 Å². The number of benzene rings is 2. The zero-order valence-electron chi connectivity index (χ0n) is 15.8. The number of nitrogens with one attached hydrogen (secondary N) is 1. The molecule has 1 aromatic heterocycles. The molecule has 1 aliphatic rings. The van der Waals surface area contributed by atoms with Gasteiger partial charge in [-0.05, 0) is 24.3 Å². The van der Waals surface area contributed by atoms with Crippen LogP contribution in [0.3, 0.4) is 0 Å². The summed E-state index contributed by atoms with van der Waals surface area (Å²) in [4.78, 5) is 8.72. The molecule has 1 aliphatic heterocycles. The first-order valence-corrected chi connectivity index (χ1v) is 9.30. The molecule has 0 spiro atoms. The average Bonchev–Trinajstić information content (AvgIpc) is 2.74. The fraction of sp³-hybridized carbons (Fsp3) is 0.286. The first-order chi connectivity index (χ1) is 14.3. The van der Waals surface area contributed by atoms with Crippen molar-refractivity contribution in [2.24, 2.45) is 0 Å². The number of fused-ring (bicyclic) bond motifs is 2. The van der Waals surface area contributed by atoms with Crippen molar-refractivity contribution >= 4 is 22.4 Å². The van der Waals surface area contributed by atoms with Gasteiger partial charge in [0.2, 0.25) is 0 Å². The zero-order valence-corrected chi connectivity index (χ0v) is 15.8. The van der Waals surface area contributed by atoms with Crippen LogP contribution >= 0.6 is 0 Å². The third-order valence-corrected chi connectivity index (χ3v) is 4.30. The van der Waals surface area contributed by atoms with Gasteiger partial charge in [-0.1, -0.05) is 6.07 Å². The number of anilines is 2. The van der Waals surface area contributed by atoms with Crippen molar-refractivity contribution in [3.8, 4) is 17.6 Å². The van der Waals surface area contributed by atoms with Crippen LogP contribution in [0, 0.1) is 11.3 Å². The summed E-state index contributed by atoms with van der Waals surface area (Å²) in [5.41, 5.74) is 2.04. The molecule has 1 N–H and O–H groups in total. The molecule has 0 bridgehead atoms. The van der Waals surface area contributed by atoms with Gasteiger partial charge in [-0.3, -0.25) is 0 Å². The fourth-order valence-corrected chi connectivity index (χ4v) is 2.94. The van der Waals surface area contributed by atoms with Gasteiger partial charge in [-0.15, -0.1) is 0 Å². The van der Waals surface area contributed by atoms with Gasteiger partial charge in [0.15, 0.2) is 11.5 Å². The fourth-order valence-electron chi connectivity index (χ4n) is 2.94. The van der Waals surface area contributed by atoms with E-state index >= 15 is 0 Å². The molecule has 0 atom stereocenters.